The Morgan fingerprint density at radius 1 is 1.36 bits per heavy atom. The molecular weight excluding hydrogens is 170 g/mol. The van der Waals surface area contributed by atoms with Crippen molar-refractivity contribution in [1.82, 2.24) is 4.90 Å². The normalized spacial score (nSPS) is 12.9. The number of rotatable bonds is 5. The van der Waals surface area contributed by atoms with Crippen LogP contribution in [-0.4, -0.2) is 18.5 Å². The molecule has 0 rings (SSSR count). The quantitative estimate of drug-likeness (QED) is 0.475. The van der Waals surface area contributed by atoms with Crippen LogP contribution in [0.2, 0.25) is 0 Å². The Labute approximate surface area is 88.8 Å². The molecule has 0 bridgehead atoms. The molecule has 0 aliphatic carbocycles. The first-order chi connectivity index (χ1) is 6.52. The first kappa shape index (κ1) is 13.0. The van der Waals surface area contributed by atoms with E-state index in [-0.39, 0.29) is 0 Å². The second-order valence-electron chi connectivity index (χ2n) is 3.73. The van der Waals surface area contributed by atoms with Crippen molar-refractivity contribution >= 4 is 0 Å². The van der Waals surface area contributed by atoms with E-state index in [9.17, 15) is 0 Å². The molecule has 0 saturated heterocycles. The second-order valence-corrected chi connectivity index (χ2v) is 3.73. The largest absolute Gasteiger partial charge is 0.371 e. The Balaban J connectivity index is 4.29. The Hall–Kier alpha value is -0.980. The van der Waals surface area contributed by atoms with E-state index in [2.05, 4.69) is 51.4 Å². The summed E-state index contributed by atoms with van der Waals surface area (Å²) in [5, 5.41) is 0. The first-order valence-corrected chi connectivity index (χ1v) is 5.21. The molecule has 0 aliphatic rings. The zero-order valence-corrected chi connectivity index (χ0v) is 10.2. The SMILES string of the molecule is C=C(/C(C)=C/C)N(C)C/C(C)=C/CC. The van der Waals surface area contributed by atoms with E-state index < -0.39 is 0 Å². The van der Waals surface area contributed by atoms with Gasteiger partial charge in [0.1, 0.15) is 0 Å². The summed E-state index contributed by atoms with van der Waals surface area (Å²) in [5.41, 5.74) is 3.76. The molecule has 80 valence electrons. The molecule has 0 aromatic heterocycles. The third kappa shape index (κ3) is 4.31. The van der Waals surface area contributed by atoms with Crippen LogP contribution in [-0.2, 0) is 0 Å². The molecule has 0 saturated carbocycles. The maximum Gasteiger partial charge on any atom is 0.0382 e. The van der Waals surface area contributed by atoms with Crippen molar-refractivity contribution < 1.29 is 0 Å². The van der Waals surface area contributed by atoms with E-state index in [4.69, 9.17) is 0 Å². The van der Waals surface area contributed by atoms with Crippen LogP contribution in [0.1, 0.15) is 34.1 Å². The van der Waals surface area contributed by atoms with Gasteiger partial charge in [-0.2, -0.15) is 0 Å². The summed E-state index contributed by atoms with van der Waals surface area (Å²) in [6.45, 7) is 13.5. The predicted octanol–water partition coefficient (Wildman–Crippen LogP) is 3.75. The van der Waals surface area contributed by atoms with Crippen molar-refractivity contribution in [1.29, 1.82) is 0 Å². The van der Waals surface area contributed by atoms with Gasteiger partial charge in [-0.15, -0.1) is 0 Å². The van der Waals surface area contributed by atoms with Gasteiger partial charge < -0.3 is 4.90 Å². The minimum absolute atomic E-state index is 0.970. The smallest absolute Gasteiger partial charge is 0.0382 e. The highest BCUT2D eigenvalue weighted by molar-refractivity contribution is 5.25. The summed E-state index contributed by atoms with van der Waals surface area (Å²) in [7, 11) is 2.09. The van der Waals surface area contributed by atoms with Crippen molar-refractivity contribution in [3.05, 3.63) is 35.6 Å². The maximum atomic E-state index is 4.07. The van der Waals surface area contributed by atoms with Crippen LogP contribution in [0.4, 0.5) is 0 Å². The van der Waals surface area contributed by atoms with E-state index in [0.29, 0.717) is 0 Å². The van der Waals surface area contributed by atoms with Gasteiger partial charge in [-0.25, -0.2) is 0 Å². The topological polar surface area (TPSA) is 3.24 Å². The molecule has 0 aliphatic heterocycles. The first-order valence-electron chi connectivity index (χ1n) is 5.21. The van der Waals surface area contributed by atoms with Crippen LogP contribution in [0.15, 0.2) is 35.6 Å². The van der Waals surface area contributed by atoms with E-state index in [1.807, 2.05) is 6.92 Å². The minimum atomic E-state index is 0.970. The van der Waals surface area contributed by atoms with Crippen molar-refractivity contribution in [2.45, 2.75) is 34.1 Å². The van der Waals surface area contributed by atoms with Crippen molar-refractivity contribution in [3.8, 4) is 0 Å². The molecule has 0 aromatic carbocycles. The van der Waals surface area contributed by atoms with Crippen molar-refractivity contribution in [3.63, 3.8) is 0 Å². The van der Waals surface area contributed by atoms with E-state index in [1.54, 1.807) is 0 Å². The van der Waals surface area contributed by atoms with Crippen LogP contribution in [0.5, 0.6) is 0 Å². The lowest BCUT2D eigenvalue weighted by Crippen LogP contribution is -2.19. The van der Waals surface area contributed by atoms with Gasteiger partial charge >= 0.3 is 0 Å². The van der Waals surface area contributed by atoms with Gasteiger partial charge in [-0.1, -0.05) is 31.2 Å². The third-order valence-electron chi connectivity index (χ3n) is 2.39. The molecule has 0 aromatic rings. The van der Waals surface area contributed by atoms with Crippen LogP contribution >= 0.6 is 0 Å². The standard InChI is InChI=1S/C13H23N/c1-7-9-11(3)10-14(6)13(5)12(4)8-2/h8-9H,5,7,10H2,1-4,6H3/b11-9+,12-8+. The number of nitrogens with zero attached hydrogens (tertiary/aromatic N) is 1. The molecule has 14 heavy (non-hydrogen) atoms. The average molecular weight is 193 g/mol. The third-order valence-corrected chi connectivity index (χ3v) is 2.39. The number of hydrogen-bond acceptors (Lipinski definition) is 1. The summed E-state index contributed by atoms with van der Waals surface area (Å²) >= 11 is 0. The van der Waals surface area contributed by atoms with Gasteiger partial charge in [0, 0.05) is 19.3 Å². The van der Waals surface area contributed by atoms with E-state index in [0.717, 1.165) is 18.7 Å². The van der Waals surface area contributed by atoms with Gasteiger partial charge in [0.15, 0.2) is 0 Å². The minimum Gasteiger partial charge on any atom is -0.371 e. The van der Waals surface area contributed by atoms with E-state index in [1.165, 1.54) is 11.1 Å². The fraction of sp³-hybridized carbons (Fsp3) is 0.538. The Morgan fingerprint density at radius 2 is 1.93 bits per heavy atom. The molecule has 0 atom stereocenters. The summed E-state index contributed by atoms with van der Waals surface area (Å²) < 4.78 is 0. The molecular formula is C13H23N. The molecule has 1 nitrogen and oxygen atoms in total. The summed E-state index contributed by atoms with van der Waals surface area (Å²) in [5.74, 6) is 0. The number of allylic oxidation sites excluding steroid dienone is 3. The summed E-state index contributed by atoms with van der Waals surface area (Å²) in [6.07, 6.45) is 5.46. The predicted molar refractivity (Wildman–Crippen MR) is 65.2 cm³/mol. The highest BCUT2D eigenvalue weighted by Crippen LogP contribution is 2.12. The maximum absolute atomic E-state index is 4.07. The van der Waals surface area contributed by atoms with Crippen molar-refractivity contribution in [2.24, 2.45) is 0 Å². The zero-order valence-electron chi connectivity index (χ0n) is 10.2. The van der Waals surface area contributed by atoms with Crippen molar-refractivity contribution in [2.75, 3.05) is 13.6 Å². The molecule has 0 N–H and O–H groups in total. The summed E-state index contributed by atoms with van der Waals surface area (Å²) in [4.78, 5) is 2.19. The van der Waals surface area contributed by atoms with E-state index >= 15 is 0 Å². The zero-order chi connectivity index (χ0) is 11.1. The van der Waals surface area contributed by atoms with Crippen LogP contribution in [0.25, 0.3) is 0 Å². The lowest BCUT2D eigenvalue weighted by molar-refractivity contribution is 0.462. The van der Waals surface area contributed by atoms with Crippen LogP contribution in [0.3, 0.4) is 0 Å². The monoisotopic (exact) mass is 193 g/mol. The molecule has 0 spiro atoms. The molecule has 0 amide bonds. The highest BCUT2D eigenvalue weighted by atomic mass is 15.1. The van der Waals surface area contributed by atoms with Gasteiger partial charge in [-0.05, 0) is 32.8 Å². The number of likely N-dealkylation sites (N-methyl/N-ethyl adjacent to an activating group) is 1. The Kier molecular flexibility index (Phi) is 6.02. The fourth-order valence-corrected chi connectivity index (χ4v) is 1.35. The number of hydrogen-bond donors (Lipinski definition) is 0. The van der Waals surface area contributed by atoms with Gasteiger partial charge in [-0.3, -0.25) is 0 Å². The highest BCUT2D eigenvalue weighted by Gasteiger charge is 2.03. The Morgan fingerprint density at radius 3 is 2.36 bits per heavy atom. The second kappa shape index (κ2) is 6.47. The molecule has 1 heteroatoms. The Bertz CT molecular complexity index is 246. The van der Waals surface area contributed by atoms with Gasteiger partial charge in [0.2, 0.25) is 0 Å². The van der Waals surface area contributed by atoms with Gasteiger partial charge in [0.25, 0.3) is 0 Å². The lowest BCUT2D eigenvalue weighted by atomic mass is 10.2. The van der Waals surface area contributed by atoms with Gasteiger partial charge in [0.05, 0.1) is 0 Å². The van der Waals surface area contributed by atoms with Crippen LogP contribution in [0, 0.1) is 0 Å². The van der Waals surface area contributed by atoms with Crippen LogP contribution < -0.4 is 0 Å². The fourth-order valence-electron chi connectivity index (χ4n) is 1.35. The molecule has 0 fully saturated rings. The molecule has 0 heterocycles. The summed E-state index contributed by atoms with van der Waals surface area (Å²) in [6, 6.07) is 0. The molecule has 0 radical (unpaired) electrons. The molecule has 0 unspecified atom stereocenters. The lowest BCUT2D eigenvalue weighted by Gasteiger charge is -2.22. The average Bonchev–Trinajstić information content (AvgIpc) is 2.15.